The van der Waals surface area contributed by atoms with Crippen molar-refractivity contribution in [1.29, 1.82) is 0 Å². The van der Waals surface area contributed by atoms with Gasteiger partial charge in [-0.05, 0) is 47.7 Å². The summed E-state index contributed by atoms with van der Waals surface area (Å²) in [5, 5.41) is 0. The standard InChI is InChI=1S/C27H26N2O5S/c1-15(2)18-10-12-19(13-11-18)23-22(26(32)34-5)16(3)28-27-29(23)24(30)21(35-27)14-17-6-8-20(9-7-17)25(31)33-4/h6-15,23H,1-5H3/b21-14+/t23-/m0/s1. The smallest absolute Gasteiger partial charge is 0.338 e. The van der Waals surface area contributed by atoms with Gasteiger partial charge in [0.25, 0.3) is 5.56 Å². The summed E-state index contributed by atoms with van der Waals surface area (Å²) in [4.78, 5) is 43.1. The summed E-state index contributed by atoms with van der Waals surface area (Å²) in [5.41, 5.74) is 3.75. The summed E-state index contributed by atoms with van der Waals surface area (Å²) >= 11 is 1.25. The monoisotopic (exact) mass is 490 g/mol. The number of carbonyl (C=O) groups excluding carboxylic acids is 2. The van der Waals surface area contributed by atoms with Crippen LogP contribution in [0.1, 0.15) is 59.8 Å². The van der Waals surface area contributed by atoms with Crippen molar-refractivity contribution in [2.75, 3.05) is 14.2 Å². The maximum Gasteiger partial charge on any atom is 0.338 e. The molecule has 35 heavy (non-hydrogen) atoms. The highest BCUT2D eigenvalue weighted by atomic mass is 32.1. The van der Waals surface area contributed by atoms with Crippen LogP contribution in [0.3, 0.4) is 0 Å². The van der Waals surface area contributed by atoms with E-state index in [4.69, 9.17) is 9.47 Å². The van der Waals surface area contributed by atoms with Gasteiger partial charge in [-0.15, -0.1) is 0 Å². The van der Waals surface area contributed by atoms with Gasteiger partial charge in [-0.1, -0.05) is 61.6 Å². The number of fused-ring (bicyclic) bond motifs is 1. The Bertz CT molecular complexity index is 1490. The average Bonchev–Trinajstić information content (AvgIpc) is 3.16. The fourth-order valence-electron chi connectivity index (χ4n) is 4.06. The molecule has 1 aliphatic rings. The highest BCUT2D eigenvalue weighted by Crippen LogP contribution is 2.31. The molecule has 0 fully saturated rings. The van der Waals surface area contributed by atoms with Gasteiger partial charge in [0.1, 0.15) is 0 Å². The number of hydrogen-bond donors (Lipinski definition) is 0. The Kier molecular flexibility index (Phi) is 6.84. The van der Waals surface area contributed by atoms with Crippen molar-refractivity contribution in [2.24, 2.45) is 4.99 Å². The fraction of sp³-hybridized carbons (Fsp3) is 0.259. The molecule has 4 rings (SSSR count). The van der Waals surface area contributed by atoms with E-state index in [0.717, 1.165) is 16.7 Å². The number of esters is 2. The summed E-state index contributed by atoms with van der Waals surface area (Å²) in [6, 6.07) is 14.1. The minimum atomic E-state index is -0.649. The Balaban J connectivity index is 1.87. The van der Waals surface area contributed by atoms with Gasteiger partial charge in [0.05, 0.1) is 41.6 Å². The second-order valence-electron chi connectivity index (χ2n) is 8.51. The van der Waals surface area contributed by atoms with Crippen LogP contribution in [0.5, 0.6) is 0 Å². The number of carbonyl (C=O) groups is 2. The van der Waals surface area contributed by atoms with E-state index in [1.807, 2.05) is 24.3 Å². The van der Waals surface area contributed by atoms with Crippen LogP contribution in [0.2, 0.25) is 0 Å². The lowest BCUT2D eigenvalue weighted by Crippen LogP contribution is -2.39. The molecule has 1 aromatic heterocycles. The SMILES string of the molecule is COC(=O)C1=C(C)N=c2s/c(=C/c3ccc(C(=O)OC)cc3)c(=O)n2[C@H]1c1ccc(C(C)C)cc1. The van der Waals surface area contributed by atoms with Gasteiger partial charge in [-0.25, -0.2) is 14.6 Å². The first-order chi connectivity index (χ1) is 16.7. The number of methoxy groups -OCH3 is 2. The number of thiazole rings is 1. The van der Waals surface area contributed by atoms with Crippen molar-refractivity contribution in [3.8, 4) is 0 Å². The van der Waals surface area contributed by atoms with Crippen LogP contribution in [0.15, 0.2) is 69.6 Å². The highest BCUT2D eigenvalue weighted by molar-refractivity contribution is 7.07. The number of benzene rings is 2. The molecular weight excluding hydrogens is 464 g/mol. The lowest BCUT2D eigenvalue weighted by atomic mass is 9.93. The van der Waals surface area contributed by atoms with Crippen LogP contribution >= 0.6 is 11.3 Å². The van der Waals surface area contributed by atoms with Crippen LogP contribution in [-0.2, 0) is 14.3 Å². The van der Waals surface area contributed by atoms with Crippen molar-refractivity contribution in [2.45, 2.75) is 32.7 Å². The third-order valence-corrected chi connectivity index (χ3v) is 6.96. The van der Waals surface area contributed by atoms with Gasteiger partial charge in [-0.3, -0.25) is 9.36 Å². The van der Waals surface area contributed by atoms with E-state index in [1.54, 1.807) is 41.8 Å². The van der Waals surface area contributed by atoms with Crippen molar-refractivity contribution in [3.63, 3.8) is 0 Å². The second-order valence-corrected chi connectivity index (χ2v) is 9.52. The molecule has 0 bridgehead atoms. The molecule has 1 aliphatic heterocycles. The Labute approximate surface area is 206 Å². The van der Waals surface area contributed by atoms with Crippen LogP contribution < -0.4 is 14.9 Å². The zero-order chi connectivity index (χ0) is 25.3. The lowest BCUT2D eigenvalue weighted by molar-refractivity contribution is -0.136. The van der Waals surface area contributed by atoms with E-state index in [1.165, 1.54) is 25.6 Å². The summed E-state index contributed by atoms with van der Waals surface area (Å²) in [7, 11) is 2.65. The summed E-state index contributed by atoms with van der Waals surface area (Å²) in [5.74, 6) is -0.587. The Morgan fingerprint density at radius 2 is 1.63 bits per heavy atom. The van der Waals surface area contributed by atoms with Crippen LogP contribution in [0.4, 0.5) is 0 Å². The van der Waals surface area contributed by atoms with Crippen molar-refractivity contribution < 1.29 is 19.1 Å². The van der Waals surface area contributed by atoms with Gasteiger partial charge in [0.2, 0.25) is 0 Å². The molecular formula is C27H26N2O5S. The third kappa shape index (κ3) is 4.61. The van der Waals surface area contributed by atoms with Crippen molar-refractivity contribution >= 4 is 29.4 Å². The van der Waals surface area contributed by atoms with Crippen molar-refractivity contribution in [3.05, 3.63) is 102 Å². The lowest BCUT2D eigenvalue weighted by Gasteiger charge is -2.24. The topological polar surface area (TPSA) is 87.0 Å². The van der Waals surface area contributed by atoms with Crippen LogP contribution in [-0.4, -0.2) is 30.7 Å². The zero-order valence-corrected chi connectivity index (χ0v) is 21.0. The third-order valence-electron chi connectivity index (χ3n) is 5.98. The van der Waals surface area contributed by atoms with E-state index >= 15 is 0 Å². The summed E-state index contributed by atoms with van der Waals surface area (Å²) < 4.78 is 11.8. The minimum absolute atomic E-state index is 0.252. The first-order valence-electron chi connectivity index (χ1n) is 11.1. The van der Waals surface area contributed by atoms with Gasteiger partial charge >= 0.3 is 11.9 Å². The van der Waals surface area contributed by atoms with E-state index < -0.39 is 18.0 Å². The first-order valence-corrected chi connectivity index (χ1v) is 12.0. The quantitative estimate of drug-likeness (QED) is 0.512. The average molecular weight is 491 g/mol. The normalized spacial score (nSPS) is 15.6. The molecule has 0 spiro atoms. The molecule has 0 aliphatic carbocycles. The van der Waals surface area contributed by atoms with Gasteiger partial charge in [0.15, 0.2) is 4.80 Å². The first kappa shape index (κ1) is 24.3. The highest BCUT2D eigenvalue weighted by Gasteiger charge is 2.33. The molecule has 0 amide bonds. The molecule has 7 nitrogen and oxygen atoms in total. The molecule has 0 N–H and O–H groups in total. The molecule has 2 heterocycles. The number of ether oxygens (including phenoxy) is 2. The maximum absolute atomic E-state index is 13.6. The maximum atomic E-state index is 13.6. The number of allylic oxidation sites excluding steroid dienone is 1. The van der Waals surface area contributed by atoms with Gasteiger partial charge in [-0.2, -0.15) is 0 Å². The Morgan fingerprint density at radius 3 is 2.20 bits per heavy atom. The molecule has 1 atom stereocenters. The summed E-state index contributed by atoms with van der Waals surface area (Å²) in [6.45, 7) is 5.98. The molecule has 0 saturated heterocycles. The second kappa shape index (κ2) is 9.84. The largest absolute Gasteiger partial charge is 0.466 e. The minimum Gasteiger partial charge on any atom is -0.466 e. The van der Waals surface area contributed by atoms with E-state index in [-0.39, 0.29) is 5.56 Å². The number of rotatable bonds is 5. The van der Waals surface area contributed by atoms with Crippen LogP contribution in [0.25, 0.3) is 6.08 Å². The van der Waals surface area contributed by atoms with Crippen molar-refractivity contribution in [1.82, 2.24) is 4.57 Å². The molecule has 180 valence electrons. The van der Waals surface area contributed by atoms with Gasteiger partial charge < -0.3 is 9.47 Å². The number of hydrogen-bond acceptors (Lipinski definition) is 7. The molecule has 0 unspecified atom stereocenters. The molecule has 0 radical (unpaired) electrons. The van der Waals surface area contributed by atoms with E-state index in [2.05, 4.69) is 18.8 Å². The van der Waals surface area contributed by atoms with E-state index in [9.17, 15) is 14.4 Å². The fourth-order valence-corrected chi connectivity index (χ4v) is 5.10. The predicted octanol–water partition coefficient (Wildman–Crippen LogP) is 3.32. The number of aromatic nitrogens is 1. The molecule has 0 saturated carbocycles. The van der Waals surface area contributed by atoms with E-state index in [0.29, 0.717) is 32.1 Å². The summed E-state index contributed by atoms with van der Waals surface area (Å²) in [6.07, 6.45) is 1.75. The Hall–Kier alpha value is -3.78. The molecule has 8 heteroatoms. The number of nitrogens with zero attached hydrogens (tertiary/aromatic N) is 2. The molecule has 3 aromatic rings. The Morgan fingerprint density at radius 1 is 1.00 bits per heavy atom. The predicted molar refractivity (Wildman–Crippen MR) is 134 cm³/mol. The zero-order valence-electron chi connectivity index (χ0n) is 20.2. The van der Waals surface area contributed by atoms with Gasteiger partial charge in [0, 0.05) is 0 Å². The molecule has 2 aromatic carbocycles. The van der Waals surface area contributed by atoms with Crippen LogP contribution in [0, 0.1) is 0 Å².